The van der Waals surface area contributed by atoms with Crippen molar-refractivity contribution in [3.63, 3.8) is 0 Å². The first-order chi connectivity index (χ1) is 10.2. The Morgan fingerprint density at radius 3 is 2.71 bits per heavy atom. The minimum atomic E-state index is 0.0155. The van der Waals surface area contributed by atoms with E-state index in [1.165, 1.54) is 5.56 Å². The predicted molar refractivity (Wildman–Crippen MR) is 80.6 cm³/mol. The topological polar surface area (TPSA) is 59.9 Å². The summed E-state index contributed by atoms with van der Waals surface area (Å²) in [6.07, 6.45) is 1.01. The highest BCUT2D eigenvalue weighted by Crippen LogP contribution is 2.24. The lowest BCUT2D eigenvalue weighted by Crippen LogP contribution is -2.49. The van der Waals surface area contributed by atoms with Crippen molar-refractivity contribution in [2.45, 2.75) is 6.42 Å². The average Bonchev–Trinajstić information content (AvgIpc) is 2.89. The van der Waals surface area contributed by atoms with E-state index in [0.29, 0.717) is 25.3 Å². The van der Waals surface area contributed by atoms with Gasteiger partial charge in [0, 0.05) is 46.3 Å². The molecule has 1 aromatic heterocycles. The lowest BCUT2D eigenvalue weighted by molar-refractivity contribution is 0.0609. The molecule has 1 fully saturated rings. The van der Waals surface area contributed by atoms with Crippen LogP contribution in [-0.4, -0.2) is 78.7 Å². The number of rotatable bonds is 3. The van der Waals surface area contributed by atoms with Crippen LogP contribution in [0.1, 0.15) is 16.1 Å². The molecule has 21 heavy (non-hydrogen) atoms. The number of likely N-dealkylation sites (N-methyl/N-ethyl adjacent to an activating group) is 1. The van der Waals surface area contributed by atoms with E-state index in [1.807, 2.05) is 24.1 Å². The maximum Gasteiger partial charge on any atom is 0.272 e. The van der Waals surface area contributed by atoms with Crippen LogP contribution in [0.4, 0.5) is 5.82 Å². The molecule has 1 saturated heterocycles. The minimum Gasteiger partial charge on any atom is -0.395 e. The Morgan fingerprint density at radius 1 is 1.24 bits per heavy atom. The van der Waals surface area contributed by atoms with Crippen molar-refractivity contribution in [3.8, 4) is 0 Å². The van der Waals surface area contributed by atoms with Crippen LogP contribution in [0.5, 0.6) is 0 Å². The van der Waals surface area contributed by atoms with E-state index in [2.05, 4.69) is 14.8 Å². The first kappa shape index (κ1) is 14.3. The van der Waals surface area contributed by atoms with E-state index in [0.717, 1.165) is 31.9 Å². The highest BCUT2D eigenvalue weighted by atomic mass is 16.3. The van der Waals surface area contributed by atoms with Crippen molar-refractivity contribution in [2.24, 2.45) is 0 Å². The fourth-order valence-corrected chi connectivity index (χ4v) is 2.99. The van der Waals surface area contributed by atoms with Gasteiger partial charge in [0.1, 0.15) is 11.5 Å². The van der Waals surface area contributed by atoms with E-state index in [-0.39, 0.29) is 12.5 Å². The maximum absolute atomic E-state index is 12.5. The van der Waals surface area contributed by atoms with E-state index >= 15 is 0 Å². The number of hydrogen-bond acceptors (Lipinski definition) is 5. The fourth-order valence-electron chi connectivity index (χ4n) is 2.99. The lowest BCUT2D eigenvalue weighted by atomic mass is 10.2. The number of amides is 1. The molecule has 0 spiro atoms. The molecule has 0 aliphatic carbocycles. The Bertz CT molecular complexity index is 526. The predicted octanol–water partition coefficient (Wildman–Crippen LogP) is -0.176. The van der Waals surface area contributed by atoms with Crippen LogP contribution in [0.25, 0.3) is 0 Å². The zero-order valence-corrected chi connectivity index (χ0v) is 12.5. The molecular formula is C15H22N4O2. The molecule has 1 aromatic rings. The second-order valence-electron chi connectivity index (χ2n) is 5.71. The van der Waals surface area contributed by atoms with Gasteiger partial charge in [-0.3, -0.25) is 9.69 Å². The summed E-state index contributed by atoms with van der Waals surface area (Å²) in [6.45, 7) is 4.87. The standard InChI is InChI=1S/C15H22N4O2/c1-17-5-4-12-2-3-13(16-14(12)17)15(21)19-8-6-18(7-9-19)10-11-20/h2-3,20H,4-11H2,1H3. The molecule has 0 bridgehead atoms. The van der Waals surface area contributed by atoms with Crippen LogP contribution in [0.3, 0.4) is 0 Å². The normalized spacial score (nSPS) is 19.0. The van der Waals surface area contributed by atoms with Crippen molar-refractivity contribution in [1.29, 1.82) is 0 Å². The monoisotopic (exact) mass is 290 g/mol. The summed E-state index contributed by atoms with van der Waals surface area (Å²) in [7, 11) is 2.01. The molecule has 6 nitrogen and oxygen atoms in total. The number of aliphatic hydroxyl groups is 1. The number of anilines is 1. The molecule has 3 rings (SSSR count). The summed E-state index contributed by atoms with van der Waals surface area (Å²) in [4.78, 5) is 23.2. The smallest absolute Gasteiger partial charge is 0.272 e. The Hall–Kier alpha value is -1.66. The van der Waals surface area contributed by atoms with Crippen molar-refractivity contribution < 1.29 is 9.90 Å². The number of carbonyl (C=O) groups excluding carboxylic acids is 1. The third-order valence-corrected chi connectivity index (χ3v) is 4.33. The van der Waals surface area contributed by atoms with Gasteiger partial charge in [-0.15, -0.1) is 0 Å². The molecule has 0 saturated carbocycles. The van der Waals surface area contributed by atoms with Crippen LogP contribution < -0.4 is 4.90 Å². The SMILES string of the molecule is CN1CCc2ccc(C(=O)N3CCN(CCO)CC3)nc21. The molecule has 2 aliphatic rings. The van der Waals surface area contributed by atoms with Gasteiger partial charge in [0.2, 0.25) is 0 Å². The number of pyridine rings is 1. The number of fused-ring (bicyclic) bond motifs is 1. The number of hydrogen-bond donors (Lipinski definition) is 1. The summed E-state index contributed by atoms with van der Waals surface area (Å²) in [5.41, 5.74) is 1.76. The van der Waals surface area contributed by atoms with Gasteiger partial charge >= 0.3 is 0 Å². The van der Waals surface area contributed by atoms with Crippen LogP contribution in [0.2, 0.25) is 0 Å². The van der Waals surface area contributed by atoms with Crippen molar-refractivity contribution in [2.75, 3.05) is 57.8 Å². The van der Waals surface area contributed by atoms with Crippen LogP contribution in [0.15, 0.2) is 12.1 Å². The first-order valence-corrected chi connectivity index (χ1v) is 7.52. The molecule has 3 heterocycles. The quantitative estimate of drug-likeness (QED) is 0.837. The van der Waals surface area contributed by atoms with E-state index in [1.54, 1.807) is 0 Å². The van der Waals surface area contributed by atoms with Crippen molar-refractivity contribution in [1.82, 2.24) is 14.8 Å². The third-order valence-electron chi connectivity index (χ3n) is 4.33. The second-order valence-corrected chi connectivity index (χ2v) is 5.71. The molecule has 0 unspecified atom stereocenters. The number of carbonyl (C=O) groups is 1. The number of aliphatic hydroxyl groups excluding tert-OH is 1. The van der Waals surface area contributed by atoms with Crippen molar-refractivity contribution in [3.05, 3.63) is 23.4 Å². The van der Waals surface area contributed by atoms with Gasteiger partial charge in [-0.2, -0.15) is 0 Å². The van der Waals surface area contributed by atoms with E-state index < -0.39 is 0 Å². The molecule has 1 N–H and O–H groups in total. The second kappa shape index (κ2) is 5.99. The Kier molecular flexibility index (Phi) is 4.07. The van der Waals surface area contributed by atoms with Crippen molar-refractivity contribution >= 4 is 11.7 Å². The molecule has 0 aromatic carbocycles. The Labute approximate surface area is 125 Å². The molecule has 0 radical (unpaired) electrons. The molecule has 0 atom stereocenters. The van der Waals surface area contributed by atoms with Gasteiger partial charge in [0.05, 0.1) is 6.61 Å². The number of nitrogens with zero attached hydrogens (tertiary/aromatic N) is 4. The van der Waals surface area contributed by atoms with Gasteiger partial charge < -0.3 is 14.9 Å². The highest BCUT2D eigenvalue weighted by Gasteiger charge is 2.25. The summed E-state index contributed by atoms with van der Waals surface area (Å²) in [6, 6.07) is 3.88. The maximum atomic E-state index is 12.5. The number of piperazine rings is 1. The Balaban J connectivity index is 1.68. The molecule has 6 heteroatoms. The van der Waals surface area contributed by atoms with Crippen LogP contribution in [0, 0.1) is 0 Å². The molecule has 114 valence electrons. The zero-order chi connectivity index (χ0) is 14.8. The van der Waals surface area contributed by atoms with E-state index in [9.17, 15) is 4.79 Å². The molecular weight excluding hydrogens is 268 g/mol. The third kappa shape index (κ3) is 2.87. The highest BCUT2D eigenvalue weighted by molar-refractivity contribution is 5.93. The minimum absolute atomic E-state index is 0.0155. The lowest BCUT2D eigenvalue weighted by Gasteiger charge is -2.34. The van der Waals surface area contributed by atoms with Gasteiger partial charge in [0.25, 0.3) is 5.91 Å². The average molecular weight is 290 g/mol. The summed E-state index contributed by atoms with van der Waals surface area (Å²) < 4.78 is 0. The fraction of sp³-hybridized carbons (Fsp3) is 0.600. The summed E-state index contributed by atoms with van der Waals surface area (Å²) in [5.74, 6) is 0.960. The van der Waals surface area contributed by atoms with Gasteiger partial charge in [-0.1, -0.05) is 6.07 Å². The summed E-state index contributed by atoms with van der Waals surface area (Å²) in [5, 5.41) is 8.95. The largest absolute Gasteiger partial charge is 0.395 e. The number of β-amino-alcohol motifs (C(OH)–C–C–N with tert-alkyl or cyclic N) is 1. The van der Waals surface area contributed by atoms with Gasteiger partial charge in [-0.05, 0) is 18.1 Å². The Morgan fingerprint density at radius 2 is 2.00 bits per heavy atom. The first-order valence-electron chi connectivity index (χ1n) is 7.52. The van der Waals surface area contributed by atoms with Crippen LogP contribution >= 0.6 is 0 Å². The van der Waals surface area contributed by atoms with Crippen LogP contribution in [-0.2, 0) is 6.42 Å². The summed E-state index contributed by atoms with van der Waals surface area (Å²) >= 11 is 0. The van der Waals surface area contributed by atoms with Gasteiger partial charge in [-0.25, -0.2) is 4.98 Å². The zero-order valence-electron chi connectivity index (χ0n) is 12.5. The number of aromatic nitrogens is 1. The van der Waals surface area contributed by atoms with E-state index in [4.69, 9.17) is 5.11 Å². The molecule has 2 aliphatic heterocycles. The van der Waals surface area contributed by atoms with Gasteiger partial charge in [0.15, 0.2) is 0 Å². The molecule has 1 amide bonds.